The van der Waals surface area contributed by atoms with E-state index in [-0.39, 0.29) is 24.4 Å². The summed E-state index contributed by atoms with van der Waals surface area (Å²) in [5.74, 6) is -0.301. The predicted molar refractivity (Wildman–Crippen MR) is 87.6 cm³/mol. The summed E-state index contributed by atoms with van der Waals surface area (Å²) in [5.41, 5.74) is 1.29. The number of aromatic nitrogens is 1. The standard InChI is InChI=1S/C17H15N3O2S/c21-15(19-11-7-8-11)10-20-13-5-1-2-6-14(13)23-16-12(17(20)22)4-3-9-18-16/h1-6,9,11H,7-8,10H2,(H,19,21). The van der Waals surface area contributed by atoms with Gasteiger partial charge in [-0.2, -0.15) is 0 Å². The molecule has 6 heteroatoms. The van der Waals surface area contributed by atoms with Gasteiger partial charge in [0.15, 0.2) is 0 Å². The maximum atomic E-state index is 12.9. The second-order valence-corrected chi connectivity index (χ2v) is 6.69. The minimum Gasteiger partial charge on any atom is -0.352 e. The highest BCUT2D eigenvalue weighted by Crippen LogP contribution is 2.39. The maximum Gasteiger partial charge on any atom is 0.261 e. The maximum absolute atomic E-state index is 12.9. The van der Waals surface area contributed by atoms with Gasteiger partial charge in [-0.1, -0.05) is 23.9 Å². The Morgan fingerprint density at radius 1 is 1.26 bits per heavy atom. The smallest absolute Gasteiger partial charge is 0.261 e. The Morgan fingerprint density at radius 2 is 2.09 bits per heavy atom. The zero-order valence-electron chi connectivity index (χ0n) is 12.4. The summed E-state index contributed by atoms with van der Waals surface area (Å²) >= 11 is 1.46. The van der Waals surface area contributed by atoms with Crippen LogP contribution in [0, 0.1) is 0 Å². The summed E-state index contributed by atoms with van der Waals surface area (Å²) < 4.78 is 0. The molecule has 1 aromatic heterocycles. The van der Waals surface area contributed by atoms with E-state index < -0.39 is 0 Å². The topological polar surface area (TPSA) is 62.3 Å². The quantitative estimate of drug-likeness (QED) is 0.942. The van der Waals surface area contributed by atoms with Gasteiger partial charge in [0, 0.05) is 17.1 Å². The normalized spacial score (nSPS) is 16.3. The fourth-order valence-corrected chi connectivity index (χ4v) is 3.58. The SMILES string of the molecule is O=C(CN1C(=O)c2cccnc2Sc2ccccc21)NC1CC1. The van der Waals surface area contributed by atoms with E-state index in [0.717, 1.165) is 23.4 Å². The van der Waals surface area contributed by atoms with Crippen LogP contribution >= 0.6 is 11.8 Å². The number of pyridine rings is 1. The van der Waals surface area contributed by atoms with Gasteiger partial charge in [-0.05, 0) is 37.1 Å². The number of amides is 2. The Bertz CT molecular complexity index is 789. The van der Waals surface area contributed by atoms with Crippen molar-refractivity contribution >= 4 is 29.3 Å². The Hall–Kier alpha value is -2.34. The van der Waals surface area contributed by atoms with Crippen LogP contribution in [0.5, 0.6) is 0 Å². The lowest BCUT2D eigenvalue weighted by molar-refractivity contribution is -0.119. The Labute approximate surface area is 138 Å². The highest BCUT2D eigenvalue weighted by molar-refractivity contribution is 7.99. The number of rotatable bonds is 3. The first-order valence-corrected chi connectivity index (χ1v) is 8.37. The van der Waals surface area contributed by atoms with Gasteiger partial charge in [0.1, 0.15) is 11.6 Å². The van der Waals surface area contributed by atoms with E-state index in [9.17, 15) is 9.59 Å². The van der Waals surface area contributed by atoms with Gasteiger partial charge in [-0.25, -0.2) is 4.98 Å². The lowest BCUT2D eigenvalue weighted by Crippen LogP contribution is -2.41. The zero-order chi connectivity index (χ0) is 15.8. The molecule has 0 saturated heterocycles. The van der Waals surface area contributed by atoms with Gasteiger partial charge in [0.25, 0.3) is 5.91 Å². The van der Waals surface area contributed by atoms with Gasteiger partial charge in [-0.15, -0.1) is 0 Å². The van der Waals surface area contributed by atoms with E-state index in [2.05, 4.69) is 10.3 Å². The van der Waals surface area contributed by atoms with E-state index in [1.165, 1.54) is 11.8 Å². The van der Waals surface area contributed by atoms with Gasteiger partial charge in [0.2, 0.25) is 5.91 Å². The first kappa shape index (κ1) is 14.3. The molecule has 1 aliphatic carbocycles. The van der Waals surface area contributed by atoms with Crippen LogP contribution in [0.3, 0.4) is 0 Å². The van der Waals surface area contributed by atoms with Crippen LogP contribution < -0.4 is 10.2 Å². The number of para-hydroxylation sites is 1. The highest BCUT2D eigenvalue weighted by atomic mass is 32.2. The summed E-state index contributed by atoms with van der Waals surface area (Å²) in [7, 11) is 0. The number of carbonyl (C=O) groups is 2. The van der Waals surface area contributed by atoms with Crippen molar-refractivity contribution in [1.29, 1.82) is 0 Å². The number of hydrogen-bond acceptors (Lipinski definition) is 4. The van der Waals surface area contributed by atoms with E-state index >= 15 is 0 Å². The fraction of sp³-hybridized carbons (Fsp3) is 0.235. The third-order valence-electron chi connectivity index (χ3n) is 3.85. The first-order chi connectivity index (χ1) is 11.2. The van der Waals surface area contributed by atoms with Crippen molar-refractivity contribution in [2.45, 2.75) is 28.8 Å². The van der Waals surface area contributed by atoms with Crippen molar-refractivity contribution in [3.8, 4) is 0 Å². The third-order valence-corrected chi connectivity index (χ3v) is 4.94. The van der Waals surface area contributed by atoms with Gasteiger partial charge >= 0.3 is 0 Å². The van der Waals surface area contributed by atoms with Crippen molar-refractivity contribution in [2.24, 2.45) is 0 Å². The molecular weight excluding hydrogens is 310 g/mol. The molecule has 1 fully saturated rings. The molecule has 5 nitrogen and oxygen atoms in total. The van der Waals surface area contributed by atoms with Gasteiger partial charge < -0.3 is 5.32 Å². The minimum atomic E-state index is -0.184. The van der Waals surface area contributed by atoms with Crippen LogP contribution in [0.25, 0.3) is 0 Å². The van der Waals surface area contributed by atoms with Crippen LogP contribution in [0.1, 0.15) is 23.2 Å². The zero-order valence-corrected chi connectivity index (χ0v) is 13.2. The summed E-state index contributed by atoms with van der Waals surface area (Å²) in [5, 5.41) is 3.62. The molecule has 0 spiro atoms. The summed E-state index contributed by atoms with van der Waals surface area (Å²) in [6.07, 6.45) is 3.73. The number of benzene rings is 1. The van der Waals surface area contributed by atoms with Crippen molar-refractivity contribution in [3.63, 3.8) is 0 Å². The Balaban J connectivity index is 1.73. The van der Waals surface area contributed by atoms with Crippen LogP contribution in [0.2, 0.25) is 0 Å². The number of carbonyl (C=O) groups excluding carboxylic acids is 2. The largest absolute Gasteiger partial charge is 0.352 e. The number of nitrogens with zero attached hydrogens (tertiary/aromatic N) is 2. The lowest BCUT2D eigenvalue weighted by Gasteiger charge is -2.22. The van der Waals surface area contributed by atoms with E-state index in [1.807, 2.05) is 24.3 Å². The molecule has 2 aliphatic rings. The average Bonchev–Trinajstić information content (AvgIpc) is 3.37. The van der Waals surface area contributed by atoms with Crippen LogP contribution in [0.15, 0.2) is 52.5 Å². The van der Waals surface area contributed by atoms with Crippen molar-refractivity contribution in [2.75, 3.05) is 11.4 Å². The highest BCUT2D eigenvalue weighted by Gasteiger charge is 2.30. The van der Waals surface area contributed by atoms with Gasteiger partial charge in [0.05, 0.1) is 11.3 Å². The molecular formula is C17H15N3O2S. The number of nitrogens with one attached hydrogen (secondary N) is 1. The molecule has 1 saturated carbocycles. The van der Waals surface area contributed by atoms with Crippen LogP contribution in [-0.4, -0.2) is 29.4 Å². The first-order valence-electron chi connectivity index (χ1n) is 7.55. The van der Waals surface area contributed by atoms with Gasteiger partial charge in [-0.3, -0.25) is 14.5 Å². The Morgan fingerprint density at radius 3 is 2.91 bits per heavy atom. The number of anilines is 1. The molecule has 4 rings (SSSR count). The molecule has 0 unspecified atom stereocenters. The molecule has 0 radical (unpaired) electrons. The number of fused-ring (bicyclic) bond motifs is 2. The molecule has 0 atom stereocenters. The number of hydrogen-bond donors (Lipinski definition) is 1. The van der Waals surface area contributed by atoms with Crippen LogP contribution in [-0.2, 0) is 4.79 Å². The molecule has 23 heavy (non-hydrogen) atoms. The minimum absolute atomic E-state index is 0.0290. The summed E-state index contributed by atoms with van der Waals surface area (Å²) in [6, 6.07) is 11.4. The second-order valence-electron chi connectivity index (χ2n) is 5.66. The molecule has 1 aromatic carbocycles. The van der Waals surface area contributed by atoms with E-state index in [0.29, 0.717) is 10.6 Å². The Kier molecular flexibility index (Phi) is 3.53. The van der Waals surface area contributed by atoms with Crippen molar-refractivity contribution in [3.05, 3.63) is 48.2 Å². The summed E-state index contributed by atoms with van der Waals surface area (Å²) in [4.78, 5) is 31.9. The molecule has 2 aromatic rings. The molecule has 0 bridgehead atoms. The molecule has 2 amide bonds. The summed E-state index contributed by atoms with van der Waals surface area (Å²) in [6.45, 7) is 0.0290. The third kappa shape index (κ3) is 2.82. The van der Waals surface area contributed by atoms with E-state index in [4.69, 9.17) is 0 Å². The lowest BCUT2D eigenvalue weighted by atomic mass is 10.2. The monoisotopic (exact) mass is 325 g/mol. The van der Waals surface area contributed by atoms with Crippen molar-refractivity contribution in [1.82, 2.24) is 10.3 Å². The molecule has 1 aliphatic heterocycles. The van der Waals surface area contributed by atoms with Crippen molar-refractivity contribution < 1.29 is 9.59 Å². The average molecular weight is 325 g/mol. The molecule has 2 heterocycles. The predicted octanol–water partition coefficient (Wildman–Crippen LogP) is 2.47. The second kappa shape index (κ2) is 5.70. The van der Waals surface area contributed by atoms with E-state index in [1.54, 1.807) is 23.2 Å². The molecule has 116 valence electrons. The van der Waals surface area contributed by atoms with Crippen LogP contribution in [0.4, 0.5) is 5.69 Å². The molecule has 1 N–H and O–H groups in total. The fourth-order valence-electron chi connectivity index (χ4n) is 2.56.